The molecule has 0 fully saturated rings. The molecule has 0 saturated carbocycles. The predicted octanol–water partition coefficient (Wildman–Crippen LogP) is 4.79. The molecule has 0 aliphatic carbocycles. The molecule has 19 heavy (non-hydrogen) atoms. The van der Waals surface area contributed by atoms with Gasteiger partial charge >= 0.3 is 0 Å². The van der Waals surface area contributed by atoms with Gasteiger partial charge in [-0.3, -0.25) is 4.79 Å². The SMILES string of the molecule is CCCCc1cc(=O)[nH]c(SSC(Cl)(Cl)C(Cl)Cl)n1. The van der Waals surface area contributed by atoms with Gasteiger partial charge in [-0.2, -0.15) is 0 Å². The summed E-state index contributed by atoms with van der Waals surface area (Å²) in [5.41, 5.74) is 0.545. The molecule has 0 aromatic carbocycles. The Hall–Kier alpha value is 0.740. The normalized spacial score (nSPS) is 12.1. The van der Waals surface area contributed by atoms with E-state index in [1.165, 1.54) is 6.07 Å². The van der Waals surface area contributed by atoms with Crippen molar-refractivity contribution in [3.8, 4) is 0 Å². The van der Waals surface area contributed by atoms with Crippen LogP contribution >= 0.6 is 68.0 Å². The summed E-state index contributed by atoms with van der Waals surface area (Å²) in [7, 11) is 2.17. The summed E-state index contributed by atoms with van der Waals surface area (Å²) < 4.78 is -1.37. The van der Waals surface area contributed by atoms with E-state index in [-0.39, 0.29) is 5.56 Å². The van der Waals surface area contributed by atoms with E-state index < -0.39 is 8.50 Å². The van der Waals surface area contributed by atoms with Gasteiger partial charge in [-0.25, -0.2) is 4.98 Å². The number of nitrogens with zero attached hydrogens (tertiary/aromatic N) is 1. The van der Waals surface area contributed by atoms with E-state index in [0.717, 1.165) is 46.5 Å². The van der Waals surface area contributed by atoms with E-state index in [0.29, 0.717) is 5.16 Å². The van der Waals surface area contributed by atoms with Gasteiger partial charge in [0.05, 0.1) is 0 Å². The lowest BCUT2D eigenvalue weighted by molar-refractivity contribution is 0.752. The molecule has 1 aromatic rings. The zero-order valence-electron chi connectivity index (χ0n) is 9.96. The zero-order chi connectivity index (χ0) is 14.5. The Morgan fingerprint density at radius 3 is 2.74 bits per heavy atom. The lowest BCUT2D eigenvalue weighted by atomic mass is 10.2. The number of hydrogen-bond acceptors (Lipinski definition) is 4. The van der Waals surface area contributed by atoms with Crippen LogP contribution in [-0.4, -0.2) is 18.5 Å². The van der Waals surface area contributed by atoms with E-state index in [9.17, 15) is 4.79 Å². The Labute approximate surface area is 139 Å². The first-order chi connectivity index (χ1) is 8.85. The molecule has 0 radical (unpaired) electrons. The molecule has 1 rings (SSSR count). The van der Waals surface area contributed by atoms with Crippen molar-refractivity contribution in [3.63, 3.8) is 0 Å². The first-order valence-corrected chi connectivity index (χ1v) is 9.25. The second-order valence-electron chi connectivity index (χ2n) is 3.67. The van der Waals surface area contributed by atoms with Crippen LogP contribution in [-0.2, 0) is 6.42 Å². The minimum atomic E-state index is -1.37. The van der Waals surface area contributed by atoms with Gasteiger partial charge in [0.1, 0.15) is 0 Å². The van der Waals surface area contributed by atoms with Crippen molar-refractivity contribution in [1.82, 2.24) is 9.97 Å². The van der Waals surface area contributed by atoms with Crippen molar-refractivity contribution in [3.05, 3.63) is 22.1 Å². The number of aromatic amines is 1. The lowest BCUT2D eigenvalue weighted by Crippen LogP contribution is -2.16. The number of H-pyrrole nitrogens is 1. The summed E-state index contributed by atoms with van der Waals surface area (Å²) in [6, 6.07) is 1.49. The van der Waals surface area contributed by atoms with Crippen molar-refractivity contribution in [2.24, 2.45) is 0 Å². The third-order valence-electron chi connectivity index (χ3n) is 2.05. The van der Waals surface area contributed by atoms with Crippen LogP contribution in [0.3, 0.4) is 0 Å². The van der Waals surface area contributed by atoms with Gasteiger partial charge in [0, 0.05) is 11.8 Å². The number of alkyl halides is 4. The van der Waals surface area contributed by atoms with Gasteiger partial charge in [0.25, 0.3) is 5.56 Å². The summed E-state index contributed by atoms with van der Waals surface area (Å²) in [6.45, 7) is 2.08. The molecule has 1 aromatic heterocycles. The molecule has 0 aliphatic rings. The Morgan fingerprint density at radius 2 is 2.16 bits per heavy atom. The van der Waals surface area contributed by atoms with Gasteiger partial charge in [0.15, 0.2) is 9.99 Å². The van der Waals surface area contributed by atoms with Crippen LogP contribution in [0.15, 0.2) is 16.0 Å². The molecule has 0 unspecified atom stereocenters. The van der Waals surface area contributed by atoms with E-state index in [1.54, 1.807) is 0 Å². The third kappa shape index (κ3) is 6.36. The van der Waals surface area contributed by atoms with E-state index in [2.05, 4.69) is 16.9 Å². The molecule has 0 aliphatic heterocycles. The standard InChI is InChI=1S/C10H12Cl4N2OS2/c1-2-3-4-6-5-7(17)16-9(15-6)18-19-10(13,14)8(11)12/h5,8H,2-4H2,1H3,(H,15,16,17). The molecule has 0 spiro atoms. The fourth-order valence-electron chi connectivity index (χ4n) is 1.14. The number of hydrogen-bond donors (Lipinski definition) is 1. The molecule has 0 atom stereocenters. The second-order valence-corrected chi connectivity index (χ2v) is 8.97. The number of aromatic nitrogens is 2. The molecule has 3 nitrogen and oxygen atoms in total. The second kappa shape index (κ2) is 8.25. The highest BCUT2D eigenvalue weighted by molar-refractivity contribution is 8.77. The highest BCUT2D eigenvalue weighted by Gasteiger charge is 2.34. The Balaban J connectivity index is 2.73. The number of rotatable bonds is 7. The van der Waals surface area contributed by atoms with Crippen LogP contribution in [0.2, 0.25) is 0 Å². The van der Waals surface area contributed by atoms with Gasteiger partial charge in [-0.15, -0.1) is 23.2 Å². The summed E-state index contributed by atoms with van der Waals surface area (Å²) in [5.74, 6) is 0. The van der Waals surface area contributed by atoms with Crippen molar-refractivity contribution in [2.75, 3.05) is 0 Å². The fourth-order valence-corrected chi connectivity index (χ4v) is 3.95. The third-order valence-corrected chi connectivity index (χ3v) is 7.26. The minimum Gasteiger partial charge on any atom is -0.301 e. The van der Waals surface area contributed by atoms with Gasteiger partial charge in [-0.05, 0) is 34.4 Å². The highest BCUT2D eigenvalue weighted by atomic mass is 35.5. The van der Waals surface area contributed by atoms with Gasteiger partial charge < -0.3 is 4.98 Å². The van der Waals surface area contributed by atoms with E-state index in [4.69, 9.17) is 46.4 Å². The molecular formula is C10H12Cl4N2OS2. The van der Waals surface area contributed by atoms with Crippen molar-refractivity contribution >= 4 is 68.0 Å². The van der Waals surface area contributed by atoms with Crippen LogP contribution < -0.4 is 5.56 Å². The molecular weight excluding hydrogens is 370 g/mol. The molecule has 0 bridgehead atoms. The average Bonchev–Trinajstić information content (AvgIpc) is 2.33. The number of aryl methyl sites for hydroxylation is 1. The largest absolute Gasteiger partial charge is 0.301 e. The van der Waals surface area contributed by atoms with Crippen LogP contribution in [0.1, 0.15) is 25.5 Å². The zero-order valence-corrected chi connectivity index (χ0v) is 14.6. The van der Waals surface area contributed by atoms with Crippen LogP contribution in [0.5, 0.6) is 0 Å². The quantitative estimate of drug-likeness (QED) is 0.419. The van der Waals surface area contributed by atoms with Crippen LogP contribution in [0.25, 0.3) is 0 Å². The maximum Gasteiger partial charge on any atom is 0.251 e. The van der Waals surface area contributed by atoms with Crippen molar-refractivity contribution < 1.29 is 0 Å². The fraction of sp³-hybridized carbons (Fsp3) is 0.600. The first kappa shape index (κ1) is 17.8. The Morgan fingerprint density at radius 1 is 1.47 bits per heavy atom. The summed E-state index contributed by atoms with van der Waals surface area (Å²) in [5, 5.41) is 0.434. The molecule has 1 heterocycles. The maximum absolute atomic E-state index is 11.5. The van der Waals surface area contributed by atoms with Crippen molar-refractivity contribution in [2.45, 2.75) is 39.8 Å². The predicted molar refractivity (Wildman–Crippen MR) is 86.8 cm³/mol. The topological polar surface area (TPSA) is 45.8 Å². The lowest BCUT2D eigenvalue weighted by Gasteiger charge is -2.18. The van der Waals surface area contributed by atoms with E-state index in [1.807, 2.05) is 0 Å². The monoisotopic (exact) mass is 380 g/mol. The molecule has 0 amide bonds. The Bertz CT molecular complexity index is 467. The minimum absolute atomic E-state index is 0.202. The smallest absolute Gasteiger partial charge is 0.251 e. The first-order valence-electron chi connectivity index (χ1n) is 5.47. The average molecular weight is 382 g/mol. The summed E-state index contributed by atoms with van der Waals surface area (Å²) in [4.78, 5) is 17.5. The number of halogens is 4. The summed E-state index contributed by atoms with van der Waals surface area (Å²) >= 11 is 23.1. The van der Waals surface area contributed by atoms with Gasteiger partial charge in [-0.1, -0.05) is 36.5 Å². The highest BCUT2D eigenvalue weighted by Crippen LogP contribution is 2.50. The molecule has 9 heteroatoms. The maximum atomic E-state index is 11.5. The van der Waals surface area contributed by atoms with Crippen LogP contribution in [0.4, 0.5) is 0 Å². The number of nitrogens with one attached hydrogen (secondary N) is 1. The Kier molecular flexibility index (Phi) is 7.72. The van der Waals surface area contributed by atoms with Gasteiger partial charge in [0.2, 0.25) is 3.67 Å². The molecule has 1 N–H and O–H groups in total. The summed E-state index contributed by atoms with van der Waals surface area (Å²) in [6.07, 6.45) is 2.78. The van der Waals surface area contributed by atoms with Crippen molar-refractivity contribution in [1.29, 1.82) is 0 Å². The molecule has 108 valence electrons. The number of unbranched alkanes of at least 4 members (excludes halogenated alkanes) is 1. The molecule has 0 saturated heterocycles. The van der Waals surface area contributed by atoms with Crippen LogP contribution in [0, 0.1) is 0 Å². The van der Waals surface area contributed by atoms with E-state index >= 15 is 0 Å².